The van der Waals surface area contributed by atoms with Gasteiger partial charge in [-0.25, -0.2) is 5.43 Å². The number of ether oxygens (including phenoxy) is 1. The highest BCUT2D eigenvalue weighted by atomic mass is 79.9. The number of hydrazine groups is 1. The zero-order valence-electron chi connectivity index (χ0n) is 18.2. The maximum atomic E-state index is 12.9. The van der Waals surface area contributed by atoms with Gasteiger partial charge in [0.15, 0.2) is 0 Å². The van der Waals surface area contributed by atoms with E-state index in [-0.39, 0.29) is 11.9 Å². The van der Waals surface area contributed by atoms with Crippen LogP contribution in [-0.2, 0) is 4.79 Å². The van der Waals surface area contributed by atoms with Crippen molar-refractivity contribution in [3.63, 3.8) is 0 Å². The second-order valence-electron chi connectivity index (χ2n) is 7.64. The Morgan fingerprint density at radius 1 is 1.09 bits per heavy atom. The first kappa shape index (κ1) is 24.4. The van der Waals surface area contributed by atoms with Crippen molar-refractivity contribution in [3.05, 3.63) is 110 Å². The third kappa shape index (κ3) is 6.02. The Morgan fingerprint density at radius 2 is 1.82 bits per heavy atom. The molecule has 2 atom stereocenters. The highest BCUT2D eigenvalue weighted by molar-refractivity contribution is 9.10. The lowest BCUT2D eigenvalue weighted by molar-refractivity contribution is -0.117. The highest BCUT2D eigenvalue weighted by Gasteiger charge is 2.29. The van der Waals surface area contributed by atoms with Gasteiger partial charge in [0.1, 0.15) is 5.75 Å². The van der Waals surface area contributed by atoms with Crippen LogP contribution in [-0.4, -0.2) is 19.1 Å². The molecular weight excluding hydrogens is 537 g/mol. The van der Waals surface area contributed by atoms with Gasteiger partial charge in [0.2, 0.25) is 5.91 Å². The largest absolute Gasteiger partial charge is 0.497 e. The molecule has 0 spiro atoms. The second kappa shape index (κ2) is 11.1. The van der Waals surface area contributed by atoms with Gasteiger partial charge in [-0.05, 0) is 65.2 Å². The van der Waals surface area contributed by atoms with E-state index in [2.05, 4.69) is 32.1 Å². The smallest absolute Gasteiger partial charge is 0.244 e. The molecule has 0 radical (unpaired) electrons. The Balaban J connectivity index is 1.57. The molecule has 0 bridgehead atoms. The van der Waals surface area contributed by atoms with Gasteiger partial charge in [0, 0.05) is 20.6 Å². The van der Waals surface area contributed by atoms with Gasteiger partial charge in [0.05, 0.1) is 24.9 Å². The standard InChI is InChI=1S/C26H22BrCl2N3O2/c1-34-20-10-2-16(3-11-20)4-13-25(33)30-26(21-12-9-19(28)14-22(21)29)24-15-23(31-32-24)17-5-7-18(27)8-6-17/h2-15,24,26,31-32H,1H3,(H,30,33). The number of hydrogen-bond donors (Lipinski definition) is 3. The number of hydrogen-bond acceptors (Lipinski definition) is 4. The zero-order chi connectivity index (χ0) is 24.1. The molecule has 4 rings (SSSR count). The van der Waals surface area contributed by atoms with E-state index in [4.69, 9.17) is 27.9 Å². The van der Waals surface area contributed by atoms with E-state index in [0.29, 0.717) is 10.0 Å². The van der Waals surface area contributed by atoms with E-state index in [9.17, 15) is 4.79 Å². The molecule has 2 unspecified atom stereocenters. The number of methoxy groups -OCH3 is 1. The fourth-order valence-electron chi connectivity index (χ4n) is 3.60. The summed E-state index contributed by atoms with van der Waals surface area (Å²) in [6.07, 6.45) is 5.28. The number of benzene rings is 3. The average Bonchev–Trinajstić information content (AvgIpc) is 3.32. The molecule has 1 heterocycles. The van der Waals surface area contributed by atoms with E-state index < -0.39 is 6.04 Å². The van der Waals surface area contributed by atoms with Crippen LogP contribution in [0.1, 0.15) is 22.7 Å². The van der Waals surface area contributed by atoms with Gasteiger partial charge < -0.3 is 15.5 Å². The van der Waals surface area contributed by atoms with Crippen molar-refractivity contribution in [1.29, 1.82) is 0 Å². The molecule has 174 valence electrons. The van der Waals surface area contributed by atoms with Crippen LogP contribution in [0.15, 0.2) is 83.4 Å². The molecule has 8 heteroatoms. The van der Waals surface area contributed by atoms with Crippen LogP contribution >= 0.6 is 39.1 Å². The van der Waals surface area contributed by atoms with Gasteiger partial charge in [-0.3, -0.25) is 4.79 Å². The van der Waals surface area contributed by atoms with Crippen LogP contribution in [0, 0.1) is 0 Å². The number of carbonyl (C=O) groups is 1. The predicted molar refractivity (Wildman–Crippen MR) is 142 cm³/mol. The maximum absolute atomic E-state index is 12.9. The van der Waals surface area contributed by atoms with Crippen molar-refractivity contribution in [3.8, 4) is 5.75 Å². The minimum Gasteiger partial charge on any atom is -0.497 e. The second-order valence-corrected chi connectivity index (χ2v) is 9.40. The summed E-state index contributed by atoms with van der Waals surface area (Å²) in [5.74, 6) is 0.506. The molecule has 3 N–H and O–H groups in total. The summed E-state index contributed by atoms with van der Waals surface area (Å²) < 4.78 is 6.17. The predicted octanol–water partition coefficient (Wildman–Crippen LogP) is 6.15. The van der Waals surface area contributed by atoms with Gasteiger partial charge in [-0.1, -0.05) is 69.5 Å². The van der Waals surface area contributed by atoms with Crippen LogP contribution in [0.2, 0.25) is 10.0 Å². The fourth-order valence-corrected chi connectivity index (χ4v) is 4.39. The number of carbonyl (C=O) groups excluding carboxylic acids is 1. The quantitative estimate of drug-likeness (QED) is 0.304. The molecule has 1 amide bonds. The fraction of sp³-hybridized carbons (Fsp3) is 0.115. The molecule has 3 aromatic carbocycles. The van der Waals surface area contributed by atoms with Crippen LogP contribution in [0.3, 0.4) is 0 Å². The van der Waals surface area contributed by atoms with E-state index in [1.54, 1.807) is 25.3 Å². The number of nitrogens with one attached hydrogen (secondary N) is 3. The van der Waals surface area contributed by atoms with Crippen LogP contribution in [0.4, 0.5) is 0 Å². The van der Waals surface area contributed by atoms with Crippen LogP contribution in [0.25, 0.3) is 11.8 Å². The van der Waals surface area contributed by atoms with Crippen molar-refractivity contribution >= 4 is 56.8 Å². The monoisotopic (exact) mass is 557 g/mol. The molecular formula is C26H22BrCl2N3O2. The summed E-state index contributed by atoms with van der Waals surface area (Å²) >= 11 is 16.1. The van der Waals surface area contributed by atoms with E-state index in [0.717, 1.165) is 32.6 Å². The first-order valence-corrected chi connectivity index (χ1v) is 12.0. The molecule has 0 fully saturated rings. The molecule has 5 nitrogen and oxygen atoms in total. The lowest BCUT2D eigenvalue weighted by atomic mass is 9.98. The summed E-state index contributed by atoms with van der Waals surface area (Å²) in [6, 6.07) is 20.0. The van der Waals surface area contributed by atoms with E-state index in [1.165, 1.54) is 6.08 Å². The lowest BCUT2D eigenvalue weighted by Gasteiger charge is -2.24. The first-order chi connectivity index (χ1) is 16.4. The minimum absolute atomic E-state index is 0.251. The van der Waals surface area contributed by atoms with Crippen molar-refractivity contribution in [1.82, 2.24) is 16.2 Å². The van der Waals surface area contributed by atoms with Gasteiger partial charge in [-0.2, -0.15) is 0 Å². The molecule has 1 aliphatic rings. The average molecular weight is 559 g/mol. The molecule has 0 saturated heterocycles. The lowest BCUT2D eigenvalue weighted by Crippen LogP contribution is -2.43. The Labute approximate surface area is 216 Å². The Kier molecular flexibility index (Phi) is 7.95. The summed E-state index contributed by atoms with van der Waals surface area (Å²) in [4.78, 5) is 12.9. The van der Waals surface area contributed by atoms with E-state index in [1.807, 2.05) is 60.7 Å². The number of rotatable bonds is 7. The summed E-state index contributed by atoms with van der Waals surface area (Å²) in [7, 11) is 1.61. The first-order valence-electron chi connectivity index (χ1n) is 10.5. The SMILES string of the molecule is COc1ccc(C=CC(=O)NC(c2ccc(Cl)cc2Cl)C2C=C(c3ccc(Br)cc3)NN2)cc1. The molecule has 3 aromatic rings. The van der Waals surface area contributed by atoms with E-state index >= 15 is 0 Å². The third-order valence-corrected chi connectivity index (χ3v) is 6.46. The molecule has 0 saturated carbocycles. The highest BCUT2D eigenvalue weighted by Crippen LogP contribution is 2.31. The maximum Gasteiger partial charge on any atom is 0.244 e. The van der Waals surface area contributed by atoms with Crippen molar-refractivity contribution in [2.45, 2.75) is 12.1 Å². The van der Waals surface area contributed by atoms with Gasteiger partial charge in [-0.15, -0.1) is 0 Å². The number of halogens is 3. The Bertz CT molecular complexity index is 1230. The molecule has 34 heavy (non-hydrogen) atoms. The van der Waals surface area contributed by atoms with Crippen molar-refractivity contribution in [2.24, 2.45) is 0 Å². The Morgan fingerprint density at radius 3 is 2.50 bits per heavy atom. The van der Waals surface area contributed by atoms with Gasteiger partial charge in [0.25, 0.3) is 0 Å². The molecule has 1 aliphatic heterocycles. The summed E-state index contributed by atoms with van der Waals surface area (Å²) in [6.45, 7) is 0. The van der Waals surface area contributed by atoms with Crippen LogP contribution < -0.4 is 20.9 Å². The number of amides is 1. The normalized spacial score (nSPS) is 16.1. The minimum atomic E-state index is -0.446. The summed E-state index contributed by atoms with van der Waals surface area (Å²) in [5.41, 5.74) is 10.0. The topological polar surface area (TPSA) is 62.4 Å². The third-order valence-electron chi connectivity index (χ3n) is 5.37. The van der Waals surface area contributed by atoms with Crippen LogP contribution in [0.5, 0.6) is 5.75 Å². The molecule has 0 aliphatic carbocycles. The van der Waals surface area contributed by atoms with Gasteiger partial charge >= 0.3 is 0 Å². The van der Waals surface area contributed by atoms with Crippen molar-refractivity contribution in [2.75, 3.05) is 7.11 Å². The zero-order valence-corrected chi connectivity index (χ0v) is 21.3. The Hall–Kier alpha value is -2.77. The molecule has 0 aromatic heterocycles. The summed E-state index contributed by atoms with van der Waals surface area (Å²) in [5, 5.41) is 4.08. The van der Waals surface area contributed by atoms with Crippen molar-refractivity contribution < 1.29 is 9.53 Å².